The minimum atomic E-state index is -0.308. The maximum atomic E-state index is 13.3. The standard InChI is InChI=1S/C12H16BrFN2O/c1-8-5-16(6-9(2)17-8)7-10-3-11(14)12(13)15-4-10/h3-4,8-9H,5-7H2,1-2H3/t8-,9+. The van der Waals surface area contributed by atoms with Crippen LogP contribution in [0, 0.1) is 5.82 Å². The molecule has 0 aromatic carbocycles. The van der Waals surface area contributed by atoms with Crippen molar-refractivity contribution in [1.29, 1.82) is 0 Å². The van der Waals surface area contributed by atoms with Gasteiger partial charge in [0, 0.05) is 25.8 Å². The zero-order valence-electron chi connectivity index (χ0n) is 9.99. The minimum absolute atomic E-state index is 0.229. The molecule has 0 N–H and O–H groups in total. The Balaban J connectivity index is 2.02. The molecule has 2 atom stereocenters. The lowest BCUT2D eigenvalue weighted by molar-refractivity contribution is -0.0705. The molecule has 0 bridgehead atoms. The monoisotopic (exact) mass is 302 g/mol. The smallest absolute Gasteiger partial charge is 0.156 e. The third kappa shape index (κ3) is 3.47. The number of halogens is 2. The topological polar surface area (TPSA) is 25.4 Å². The van der Waals surface area contributed by atoms with Crippen molar-refractivity contribution in [2.45, 2.75) is 32.6 Å². The summed E-state index contributed by atoms with van der Waals surface area (Å²) in [6.07, 6.45) is 2.16. The van der Waals surface area contributed by atoms with Crippen LogP contribution in [0.25, 0.3) is 0 Å². The fourth-order valence-electron chi connectivity index (χ4n) is 2.22. The van der Waals surface area contributed by atoms with E-state index in [0.717, 1.165) is 25.2 Å². The zero-order valence-corrected chi connectivity index (χ0v) is 11.6. The Morgan fingerprint density at radius 3 is 2.71 bits per heavy atom. The predicted molar refractivity (Wildman–Crippen MR) is 67.2 cm³/mol. The molecule has 0 aliphatic carbocycles. The van der Waals surface area contributed by atoms with Crippen LogP contribution < -0.4 is 0 Å². The number of rotatable bonds is 2. The van der Waals surface area contributed by atoms with Crippen LogP contribution in [-0.2, 0) is 11.3 Å². The van der Waals surface area contributed by atoms with Crippen molar-refractivity contribution in [2.75, 3.05) is 13.1 Å². The molecule has 1 aliphatic heterocycles. The summed E-state index contributed by atoms with van der Waals surface area (Å²) in [6, 6.07) is 1.53. The molecule has 0 spiro atoms. The molecule has 2 rings (SSSR count). The lowest BCUT2D eigenvalue weighted by Gasteiger charge is -2.35. The predicted octanol–water partition coefficient (Wildman–Crippen LogP) is 2.59. The molecule has 2 heterocycles. The third-order valence-corrected chi connectivity index (χ3v) is 3.34. The normalized spacial score (nSPS) is 26.1. The van der Waals surface area contributed by atoms with Crippen molar-refractivity contribution >= 4 is 15.9 Å². The quantitative estimate of drug-likeness (QED) is 0.785. The van der Waals surface area contributed by atoms with E-state index in [2.05, 4.69) is 39.7 Å². The van der Waals surface area contributed by atoms with E-state index in [-0.39, 0.29) is 22.6 Å². The van der Waals surface area contributed by atoms with Crippen molar-refractivity contribution in [1.82, 2.24) is 9.88 Å². The molecule has 0 radical (unpaired) electrons. The van der Waals surface area contributed by atoms with Crippen molar-refractivity contribution < 1.29 is 9.13 Å². The Kier molecular flexibility index (Phi) is 4.12. The Bertz CT molecular complexity index is 392. The Morgan fingerprint density at radius 2 is 2.12 bits per heavy atom. The maximum Gasteiger partial charge on any atom is 0.156 e. The van der Waals surface area contributed by atoms with E-state index in [1.54, 1.807) is 6.20 Å². The number of pyridine rings is 1. The first-order chi connectivity index (χ1) is 8.04. The molecule has 0 saturated carbocycles. The van der Waals surface area contributed by atoms with E-state index in [0.29, 0.717) is 0 Å². The van der Waals surface area contributed by atoms with Crippen LogP contribution in [0.2, 0.25) is 0 Å². The van der Waals surface area contributed by atoms with Crippen LogP contribution >= 0.6 is 15.9 Å². The van der Waals surface area contributed by atoms with Gasteiger partial charge >= 0.3 is 0 Å². The van der Waals surface area contributed by atoms with Crippen molar-refractivity contribution in [3.63, 3.8) is 0 Å². The summed E-state index contributed by atoms with van der Waals surface area (Å²) in [5.74, 6) is -0.308. The van der Waals surface area contributed by atoms with Gasteiger partial charge in [0.15, 0.2) is 5.82 Å². The SMILES string of the molecule is C[C@@H]1CN(Cc2cnc(Br)c(F)c2)C[C@H](C)O1. The molecule has 0 amide bonds. The van der Waals surface area contributed by atoms with Crippen LogP contribution in [-0.4, -0.2) is 35.2 Å². The Labute approximate surface area is 109 Å². The average molecular weight is 303 g/mol. The summed E-state index contributed by atoms with van der Waals surface area (Å²) in [5, 5.41) is 0. The Hall–Kier alpha value is -0.520. The van der Waals surface area contributed by atoms with Gasteiger partial charge in [0.2, 0.25) is 0 Å². The van der Waals surface area contributed by atoms with Crippen LogP contribution in [0.1, 0.15) is 19.4 Å². The molecule has 3 nitrogen and oxygen atoms in total. The number of nitrogens with zero attached hydrogens (tertiary/aromatic N) is 2. The molecule has 0 unspecified atom stereocenters. The second-order valence-corrected chi connectivity index (χ2v) is 5.32. The highest BCUT2D eigenvalue weighted by molar-refractivity contribution is 9.10. The second kappa shape index (κ2) is 5.42. The van der Waals surface area contributed by atoms with Gasteiger partial charge in [-0.25, -0.2) is 9.37 Å². The first kappa shape index (κ1) is 12.9. The van der Waals surface area contributed by atoms with Gasteiger partial charge in [0.1, 0.15) is 4.60 Å². The number of ether oxygens (including phenoxy) is 1. The first-order valence-electron chi connectivity index (χ1n) is 5.72. The fraction of sp³-hybridized carbons (Fsp3) is 0.583. The van der Waals surface area contributed by atoms with E-state index in [1.807, 2.05) is 0 Å². The third-order valence-electron chi connectivity index (χ3n) is 2.75. The number of hydrogen-bond acceptors (Lipinski definition) is 3. The molecule has 1 aromatic heterocycles. The zero-order chi connectivity index (χ0) is 12.4. The summed E-state index contributed by atoms with van der Waals surface area (Å²) in [6.45, 7) is 6.59. The van der Waals surface area contributed by atoms with Gasteiger partial charge in [-0.1, -0.05) is 0 Å². The van der Waals surface area contributed by atoms with Crippen LogP contribution in [0.15, 0.2) is 16.9 Å². The van der Waals surface area contributed by atoms with Crippen molar-refractivity contribution in [3.8, 4) is 0 Å². The molecule has 94 valence electrons. The molecule has 5 heteroatoms. The van der Waals surface area contributed by atoms with Gasteiger partial charge in [0.25, 0.3) is 0 Å². The maximum absolute atomic E-state index is 13.3. The highest BCUT2D eigenvalue weighted by Gasteiger charge is 2.22. The fourth-order valence-corrected chi connectivity index (χ4v) is 2.44. The van der Waals surface area contributed by atoms with E-state index in [1.165, 1.54) is 6.07 Å². The molecular weight excluding hydrogens is 287 g/mol. The largest absolute Gasteiger partial charge is 0.373 e. The highest BCUT2D eigenvalue weighted by Crippen LogP contribution is 2.17. The van der Waals surface area contributed by atoms with Crippen LogP contribution in [0.5, 0.6) is 0 Å². The number of morpholine rings is 1. The number of aromatic nitrogens is 1. The van der Waals surface area contributed by atoms with Gasteiger partial charge in [-0.2, -0.15) is 0 Å². The van der Waals surface area contributed by atoms with Crippen molar-refractivity contribution in [2.24, 2.45) is 0 Å². The van der Waals surface area contributed by atoms with E-state index in [9.17, 15) is 4.39 Å². The summed E-state index contributed by atoms with van der Waals surface area (Å²) in [4.78, 5) is 6.23. The van der Waals surface area contributed by atoms with Gasteiger partial charge in [0.05, 0.1) is 12.2 Å². The molecule has 1 aliphatic rings. The lowest BCUT2D eigenvalue weighted by atomic mass is 10.2. The second-order valence-electron chi connectivity index (χ2n) is 4.57. The average Bonchev–Trinajstić information content (AvgIpc) is 2.22. The molecule has 1 fully saturated rings. The summed E-state index contributed by atoms with van der Waals surface area (Å²) in [5.41, 5.74) is 0.895. The Morgan fingerprint density at radius 1 is 1.47 bits per heavy atom. The van der Waals surface area contributed by atoms with E-state index in [4.69, 9.17) is 4.74 Å². The van der Waals surface area contributed by atoms with E-state index < -0.39 is 0 Å². The molecule has 17 heavy (non-hydrogen) atoms. The minimum Gasteiger partial charge on any atom is -0.373 e. The van der Waals surface area contributed by atoms with Gasteiger partial charge in [-0.3, -0.25) is 4.90 Å². The van der Waals surface area contributed by atoms with Crippen LogP contribution in [0.3, 0.4) is 0 Å². The summed E-state index contributed by atoms with van der Waals surface area (Å²) < 4.78 is 19.3. The van der Waals surface area contributed by atoms with Gasteiger partial charge in [-0.05, 0) is 41.4 Å². The van der Waals surface area contributed by atoms with Gasteiger partial charge < -0.3 is 4.74 Å². The number of hydrogen-bond donors (Lipinski definition) is 0. The van der Waals surface area contributed by atoms with Crippen molar-refractivity contribution in [3.05, 3.63) is 28.2 Å². The highest BCUT2D eigenvalue weighted by atomic mass is 79.9. The summed E-state index contributed by atoms with van der Waals surface area (Å²) in [7, 11) is 0. The van der Waals surface area contributed by atoms with Crippen LogP contribution in [0.4, 0.5) is 4.39 Å². The molecular formula is C12H16BrFN2O. The summed E-state index contributed by atoms with van der Waals surface area (Å²) >= 11 is 3.05. The molecule has 1 saturated heterocycles. The van der Waals surface area contributed by atoms with Gasteiger partial charge in [-0.15, -0.1) is 0 Å². The van der Waals surface area contributed by atoms with E-state index >= 15 is 0 Å². The molecule has 1 aromatic rings. The first-order valence-corrected chi connectivity index (χ1v) is 6.51. The lowest BCUT2D eigenvalue weighted by Crippen LogP contribution is -2.44.